The lowest BCUT2D eigenvalue weighted by atomic mass is 9.97. The van der Waals surface area contributed by atoms with Crippen molar-refractivity contribution >= 4 is 34.2 Å². The molecule has 0 aliphatic carbocycles. The van der Waals surface area contributed by atoms with Gasteiger partial charge < -0.3 is 15.2 Å². The molecule has 2 N–H and O–H groups in total. The van der Waals surface area contributed by atoms with Crippen LogP contribution in [0, 0.1) is 11.3 Å². The van der Waals surface area contributed by atoms with Crippen molar-refractivity contribution in [3.8, 4) is 34.2 Å². The van der Waals surface area contributed by atoms with Crippen LogP contribution >= 0.6 is 11.6 Å². The van der Waals surface area contributed by atoms with Crippen molar-refractivity contribution in [2.24, 2.45) is 0 Å². The summed E-state index contributed by atoms with van der Waals surface area (Å²) in [4.78, 5) is 17.1. The molecule has 0 saturated heterocycles. The zero-order valence-electron chi connectivity index (χ0n) is 21.8. The second-order valence-electron chi connectivity index (χ2n) is 9.22. The summed E-state index contributed by atoms with van der Waals surface area (Å²) >= 11 is 6.32. The number of nitrogens with zero attached hydrogens (tertiary/aromatic N) is 2. The van der Waals surface area contributed by atoms with Crippen molar-refractivity contribution in [1.29, 1.82) is 5.26 Å². The fourth-order valence-electron chi connectivity index (χ4n) is 4.72. The smallest absolute Gasteiger partial charge is 0.326 e. The number of aliphatic carboxylic acids is 1. The molecule has 0 radical (unpaired) electrons. The second kappa shape index (κ2) is 11.9. The molecule has 6 nitrogen and oxygen atoms in total. The minimum absolute atomic E-state index is 0.231. The Morgan fingerprint density at radius 2 is 1.70 bits per heavy atom. The van der Waals surface area contributed by atoms with Gasteiger partial charge in [-0.1, -0.05) is 84.4 Å². The molecule has 1 unspecified atom stereocenters. The first kappa shape index (κ1) is 26.7. The summed E-state index contributed by atoms with van der Waals surface area (Å²) in [6.45, 7) is 2.51. The topological polar surface area (TPSA) is 95.2 Å². The van der Waals surface area contributed by atoms with Crippen LogP contribution in [0.2, 0.25) is 5.02 Å². The molecule has 0 aliphatic rings. The van der Waals surface area contributed by atoms with Crippen LogP contribution in [0.5, 0.6) is 5.75 Å². The third-order valence-corrected chi connectivity index (χ3v) is 6.85. The summed E-state index contributed by atoms with van der Waals surface area (Å²) in [6, 6.07) is 31.4. The molecular weight excluding hydrogens is 522 g/mol. The molecule has 0 saturated carbocycles. The summed E-state index contributed by atoms with van der Waals surface area (Å²) in [6.07, 6.45) is 0.231. The molecule has 1 atom stereocenters. The van der Waals surface area contributed by atoms with E-state index < -0.39 is 12.0 Å². The molecular formula is C33H26ClN3O3. The zero-order chi connectivity index (χ0) is 28.1. The van der Waals surface area contributed by atoms with Gasteiger partial charge in [0.15, 0.2) is 0 Å². The third-order valence-electron chi connectivity index (χ3n) is 6.61. The molecule has 0 amide bonds. The molecule has 7 heteroatoms. The highest BCUT2D eigenvalue weighted by atomic mass is 35.5. The van der Waals surface area contributed by atoms with Gasteiger partial charge >= 0.3 is 5.97 Å². The van der Waals surface area contributed by atoms with Crippen molar-refractivity contribution in [3.63, 3.8) is 0 Å². The van der Waals surface area contributed by atoms with Crippen LogP contribution in [-0.4, -0.2) is 28.7 Å². The van der Waals surface area contributed by atoms with Gasteiger partial charge in [0.1, 0.15) is 23.4 Å². The third kappa shape index (κ3) is 5.61. The van der Waals surface area contributed by atoms with Gasteiger partial charge in [0.25, 0.3) is 0 Å². The number of nitriles is 1. The van der Waals surface area contributed by atoms with E-state index in [9.17, 15) is 15.2 Å². The molecule has 1 aromatic heterocycles. The number of hydrogen-bond acceptors (Lipinski definition) is 5. The van der Waals surface area contributed by atoms with Crippen LogP contribution in [0.4, 0.5) is 5.69 Å². The number of fused-ring (bicyclic) bond motifs is 1. The van der Waals surface area contributed by atoms with Crippen LogP contribution in [0.15, 0.2) is 97.1 Å². The predicted molar refractivity (Wildman–Crippen MR) is 159 cm³/mol. The standard InChI is InChI=1S/C33H26ClN3O3/c1-2-40-30-11-7-6-10-25(30)22-12-14-23(15-13-22)31-27(20-35)32(26-19-24(34)16-17-28(26)36-31)37-29(33(38)39)18-21-8-4-3-5-9-21/h3-17,19,29H,2,18H2,1H3,(H,36,37)(H,38,39). The SMILES string of the molecule is CCOc1ccccc1-c1ccc(-c2nc3ccc(Cl)cc3c(NC(Cc3ccccc3)C(=O)O)c2C#N)cc1. The van der Waals surface area contributed by atoms with Gasteiger partial charge in [0.05, 0.1) is 23.5 Å². The van der Waals surface area contributed by atoms with E-state index in [2.05, 4.69) is 11.4 Å². The van der Waals surface area contributed by atoms with Crippen molar-refractivity contribution in [2.45, 2.75) is 19.4 Å². The Labute approximate surface area is 237 Å². The number of carboxylic acid groups (broad SMARTS) is 1. The lowest BCUT2D eigenvalue weighted by molar-refractivity contribution is -0.137. The maximum absolute atomic E-state index is 12.3. The number of halogens is 1. The number of anilines is 1. The monoisotopic (exact) mass is 547 g/mol. The first-order valence-electron chi connectivity index (χ1n) is 12.9. The number of benzene rings is 4. The number of rotatable bonds is 9. The van der Waals surface area contributed by atoms with E-state index in [1.54, 1.807) is 18.2 Å². The van der Waals surface area contributed by atoms with Crippen LogP contribution in [0.3, 0.4) is 0 Å². The quantitative estimate of drug-likeness (QED) is 0.197. The summed E-state index contributed by atoms with van der Waals surface area (Å²) in [5, 5.41) is 24.6. The largest absolute Gasteiger partial charge is 0.493 e. The fourth-order valence-corrected chi connectivity index (χ4v) is 4.89. The van der Waals surface area contributed by atoms with Crippen molar-refractivity contribution in [2.75, 3.05) is 11.9 Å². The molecule has 5 aromatic rings. The molecule has 0 spiro atoms. The molecule has 4 aromatic carbocycles. The number of nitrogens with one attached hydrogen (secondary N) is 1. The molecule has 1 heterocycles. The molecule has 0 bridgehead atoms. The van der Waals surface area contributed by atoms with E-state index in [-0.39, 0.29) is 12.0 Å². The predicted octanol–water partition coefficient (Wildman–Crippen LogP) is 7.60. The van der Waals surface area contributed by atoms with Crippen molar-refractivity contribution < 1.29 is 14.6 Å². The minimum atomic E-state index is -1.03. The van der Waals surface area contributed by atoms with Gasteiger partial charge in [-0.3, -0.25) is 0 Å². The highest BCUT2D eigenvalue weighted by molar-refractivity contribution is 6.31. The Balaban J connectivity index is 1.61. The van der Waals surface area contributed by atoms with Gasteiger partial charge in [-0.25, -0.2) is 9.78 Å². The first-order chi connectivity index (χ1) is 19.5. The van der Waals surface area contributed by atoms with Gasteiger partial charge in [0, 0.05) is 28.0 Å². The van der Waals surface area contributed by atoms with Crippen molar-refractivity contribution in [1.82, 2.24) is 4.98 Å². The highest BCUT2D eigenvalue weighted by Gasteiger charge is 2.24. The second-order valence-corrected chi connectivity index (χ2v) is 9.65. The Bertz CT molecular complexity index is 1710. The molecule has 0 fully saturated rings. The molecule has 0 aliphatic heterocycles. The Morgan fingerprint density at radius 3 is 2.40 bits per heavy atom. The van der Waals surface area contributed by atoms with Gasteiger partial charge in [-0.15, -0.1) is 0 Å². The lowest BCUT2D eigenvalue weighted by Crippen LogP contribution is -2.32. The summed E-state index contributed by atoms with van der Waals surface area (Å²) < 4.78 is 5.79. The van der Waals surface area contributed by atoms with E-state index in [1.807, 2.05) is 85.8 Å². The zero-order valence-corrected chi connectivity index (χ0v) is 22.5. The number of hydrogen-bond donors (Lipinski definition) is 2. The van der Waals surface area contributed by atoms with Crippen molar-refractivity contribution in [3.05, 3.63) is 113 Å². The Hall–Kier alpha value is -4.86. The van der Waals surface area contributed by atoms with E-state index in [0.29, 0.717) is 33.9 Å². The maximum atomic E-state index is 12.3. The Morgan fingerprint density at radius 1 is 1.00 bits per heavy atom. The number of aromatic nitrogens is 1. The van der Waals surface area contributed by atoms with Gasteiger partial charge in [0.2, 0.25) is 0 Å². The van der Waals surface area contributed by atoms with Crippen LogP contribution in [-0.2, 0) is 11.2 Å². The number of ether oxygens (including phenoxy) is 1. The lowest BCUT2D eigenvalue weighted by Gasteiger charge is -2.20. The fraction of sp³-hybridized carbons (Fsp3) is 0.121. The number of carbonyl (C=O) groups is 1. The van der Waals surface area contributed by atoms with Gasteiger partial charge in [-0.2, -0.15) is 5.26 Å². The van der Waals surface area contributed by atoms with Gasteiger partial charge in [-0.05, 0) is 42.3 Å². The average Bonchev–Trinajstić information content (AvgIpc) is 2.97. The van der Waals surface area contributed by atoms with E-state index in [0.717, 1.165) is 28.0 Å². The average molecular weight is 548 g/mol. The number of carboxylic acids is 1. The van der Waals surface area contributed by atoms with Crippen LogP contribution in [0.1, 0.15) is 18.1 Å². The van der Waals surface area contributed by atoms with Crippen LogP contribution in [0.25, 0.3) is 33.3 Å². The number of pyridine rings is 1. The number of para-hydroxylation sites is 1. The van der Waals surface area contributed by atoms with Crippen LogP contribution < -0.4 is 10.1 Å². The molecule has 5 rings (SSSR count). The maximum Gasteiger partial charge on any atom is 0.326 e. The highest BCUT2D eigenvalue weighted by Crippen LogP contribution is 2.37. The summed E-state index contributed by atoms with van der Waals surface area (Å²) in [7, 11) is 0. The molecule has 40 heavy (non-hydrogen) atoms. The van der Waals surface area contributed by atoms with E-state index in [4.69, 9.17) is 21.3 Å². The van der Waals surface area contributed by atoms with E-state index in [1.165, 1.54) is 0 Å². The Kier molecular flexibility index (Phi) is 7.95. The summed E-state index contributed by atoms with van der Waals surface area (Å²) in [5.41, 5.74) is 5.19. The normalized spacial score (nSPS) is 11.5. The summed E-state index contributed by atoms with van der Waals surface area (Å²) in [5.74, 6) is -0.237. The first-order valence-corrected chi connectivity index (χ1v) is 13.3. The minimum Gasteiger partial charge on any atom is -0.493 e. The molecule has 198 valence electrons. The van der Waals surface area contributed by atoms with E-state index >= 15 is 0 Å².